The zero-order valence-electron chi connectivity index (χ0n) is 9.03. The molecule has 2 rings (SSSR count). The largest absolute Gasteiger partial charge is 0.325 e. The van der Waals surface area contributed by atoms with E-state index in [9.17, 15) is 0 Å². The fourth-order valence-electron chi connectivity index (χ4n) is 1.56. The molecule has 0 atom stereocenters. The number of thiazole rings is 1. The second-order valence-corrected chi connectivity index (χ2v) is 5.53. The first-order valence-electron chi connectivity index (χ1n) is 5.19. The molecule has 84 valence electrons. The van der Waals surface area contributed by atoms with Gasteiger partial charge in [0.1, 0.15) is 5.01 Å². The molecule has 0 bridgehead atoms. The molecule has 4 heteroatoms. The molecule has 2 aromatic rings. The summed E-state index contributed by atoms with van der Waals surface area (Å²) in [5, 5.41) is 1.01. The summed E-state index contributed by atoms with van der Waals surface area (Å²) in [4.78, 5) is 5.89. The fraction of sp³-hybridized carbons (Fsp3) is 0.250. The second kappa shape index (κ2) is 5.08. The van der Waals surface area contributed by atoms with E-state index in [0.29, 0.717) is 6.54 Å². The van der Waals surface area contributed by atoms with Crippen molar-refractivity contribution in [1.82, 2.24) is 4.98 Å². The maximum Gasteiger partial charge on any atom is 0.107 e. The molecule has 2 N–H and O–H groups in total. The predicted octanol–water partition coefficient (Wildman–Crippen LogP) is 3.59. The Bertz CT molecular complexity index is 476. The van der Waals surface area contributed by atoms with Crippen molar-refractivity contribution in [3.8, 4) is 11.3 Å². The molecule has 1 aromatic carbocycles. The summed E-state index contributed by atoms with van der Waals surface area (Å²) in [6, 6.07) is 8.24. The van der Waals surface area contributed by atoms with Gasteiger partial charge in [-0.2, -0.15) is 0 Å². The van der Waals surface area contributed by atoms with Crippen LogP contribution in [0.4, 0.5) is 0 Å². The molecule has 2 nitrogen and oxygen atoms in total. The topological polar surface area (TPSA) is 38.9 Å². The third-order valence-corrected chi connectivity index (χ3v) is 4.11. The second-order valence-electron chi connectivity index (χ2n) is 3.44. The first kappa shape index (κ1) is 11.8. The molecule has 16 heavy (non-hydrogen) atoms. The number of hydrogen-bond acceptors (Lipinski definition) is 3. The third kappa shape index (κ3) is 2.34. The molecule has 1 aromatic heterocycles. The van der Waals surface area contributed by atoms with E-state index in [-0.39, 0.29) is 0 Å². The molecule has 0 radical (unpaired) electrons. The minimum atomic E-state index is 0.522. The van der Waals surface area contributed by atoms with Crippen molar-refractivity contribution in [2.75, 3.05) is 0 Å². The number of nitrogens with two attached hydrogens (primary N) is 1. The van der Waals surface area contributed by atoms with Crippen LogP contribution in [0.2, 0.25) is 0 Å². The monoisotopic (exact) mass is 296 g/mol. The SMILES string of the molecule is CCc1sc(CN)nc1-c1ccc(Br)cc1. The summed E-state index contributed by atoms with van der Waals surface area (Å²) in [6.07, 6.45) is 1.00. The summed E-state index contributed by atoms with van der Waals surface area (Å²) in [6.45, 7) is 2.67. The van der Waals surface area contributed by atoms with Gasteiger partial charge in [0, 0.05) is 21.5 Å². The van der Waals surface area contributed by atoms with Crippen molar-refractivity contribution in [2.45, 2.75) is 19.9 Å². The van der Waals surface area contributed by atoms with Crippen LogP contribution in [-0.2, 0) is 13.0 Å². The smallest absolute Gasteiger partial charge is 0.107 e. The van der Waals surface area contributed by atoms with Crippen LogP contribution in [0.15, 0.2) is 28.7 Å². The van der Waals surface area contributed by atoms with Crippen LogP contribution in [0.5, 0.6) is 0 Å². The normalized spacial score (nSPS) is 10.7. The van der Waals surface area contributed by atoms with Crippen LogP contribution in [0.1, 0.15) is 16.8 Å². The molecule has 1 heterocycles. The Morgan fingerprint density at radius 2 is 2.00 bits per heavy atom. The van der Waals surface area contributed by atoms with Crippen molar-refractivity contribution in [1.29, 1.82) is 0 Å². The molecular weight excluding hydrogens is 284 g/mol. The highest BCUT2D eigenvalue weighted by Gasteiger charge is 2.10. The Kier molecular flexibility index (Phi) is 3.74. The molecule has 0 aliphatic heterocycles. The average molecular weight is 297 g/mol. The quantitative estimate of drug-likeness (QED) is 0.940. The lowest BCUT2D eigenvalue weighted by Crippen LogP contribution is -1.94. The van der Waals surface area contributed by atoms with Crippen molar-refractivity contribution in [3.63, 3.8) is 0 Å². The molecular formula is C12H13BrN2S. The number of rotatable bonds is 3. The van der Waals surface area contributed by atoms with Gasteiger partial charge in [0.15, 0.2) is 0 Å². The van der Waals surface area contributed by atoms with Gasteiger partial charge in [-0.05, 0) is 18.6 Å². The Morgan fingerprint density at radius 3 is 2.56 bits per heavy atom. The number of hydrogen-bond donors (Lipinski definition) is 1. The molecule has 0 aliphatic rings. The van der Waals surface area contributed by atoms with Crippen LogP contribution in [-0.4, -0.2) is 4.98 Å². The van der Waals surface area contributed by atoms with Crippen LogP contribution in [0.25, 0.3) is 11.3 Å². The average Bonchev–Trinajstić information content (AvgIpc) is 2.73. The summed E-state index contributed by atoms with van der Waals surface area (Å²) in [5.41, 5.74) is 7.88. The molecule has 0 spiro atoms. The zero-order chi connectivity index (χ0) is 11.5. The molecule has 0 aliphatic carbocycles. The highest BCUT2D eigenvalue weighted by molar-refractivity contribution is 9.10. The summed E-state index contributed by atoms with van der Waals surface area (Å²) < 4.78 is 1.09. The van der Waals surface area contributed by atoms with Crippen LogP contribution >= 0.6 is 27.3 Å². The van der Waals surface area contributed by atoms with E-state index < -0.39 is 0 Å². The Balaban J connectivity index is 2.45. The summed E-state index contributed by atoms with van der Waals surface area (Å²) in [5.74, 6) is 0. The Hall–Kier alpha value is -0.710. The van der Waals surface area contributed by atoms with E-state index in [2.05, 4.69) is 40.0 Å². The third-order valence-electron chi connectivity index (χ3n) is 2.36. The maximum atomic E-state index is 5.63. The van der Waals surface area contributed by atoms with E-state index in [0.717, 1.165) is 27.2 Å². The van der Waals surface area contributed by atoms with Gasteiger partial charge in [-0.15, -0.1) is 11.3 Å². The van der Waals surface area contributed by atoms with Gasteiger partial charge in [-0.1, -0.05) is 35.0 Å². The minimum Gasteiger partial charge on any atom is -0.325 e. The van der Waals surface area contributed by atoms with E-state index in [1.54, 1.807) is 11.3 Å². The fourth-order valence-corrected chi connectivity index (χ4v) is 2.73. The number of benzene rings is 1. The van der Waals surface area contributed by atoms with Crippen LogP contribution in [0.3, 0.4) is 0 Å². The molecule has 0 saturated heterocycles. The Morgan fingerprint density at radius 1 is 1.31 bits per heavy atom. The van der Waals surface area contributed by atoms with Gasteiger partial charge < -0.3 is 5.73 Å². The van der Waals surface area contributed by atoms with E-state index in [4.69, 9.17) is 5.73 Å². The Labute approximate surface area is 108 Å². The molecule has 0 unspecified atom stereocenters. The highest BCUT2D eigenvalue weighted by atomic mass is 79.9. The number of aryl methyl sites for hydroxylation is 1. The number of nitrogens with zero attached hydrogens (tertiary/aromatic N) is 1. The lowest BCUT2D eigenvalue weighted by atomic mass is 10.1. The lowest BCUT2D eigenvalue weighted by Gasteiger charge is -2.00. The van der Waals surface area contributed by atoms with Gasteiger partial charge in [-0.3, -0.25) is 0 Å². The van der Waals surface area contributed by atoms with Crippen molar-refractivity contribution in [2.24, 2.45) is 5.73 Å². The first-order valence-corrected chi connectivity index (χ1v) is 6.80. The standard InChI is InChI=1S/C12H13BrN2S/c1-2-10-12(15-11(7-14)16-10)8-3-5-9(13)6-4-8/h3-6H,2,7,14H2,1H3. The lowest BCUT2D eigenvalue weighted by molar-refractivity contribution is 1.04. The van der Waals surface area contributed by atoms with Crippen LogP contribution in [0, 0.1) is 0 Å². The zero-order valence-corrected chi connectivity index (χ0v) is 11.4. The van der Waals surface area contributed by atoms with Crippen molar-refractivity contribution >= 4 is 27.3 Å². The maximum absolute atomic E-state index is 5.63. The number of aromatic nitrogens is 1. The van der Waals surface area contributed by atoms with Gasteiger partial charge in [0.05, 0.1) is 5.69 Å². The first-order chi connectivity index (χ1) is 7.74. The van der Waals surface area contributed by atoms with Crippen molar-refractivity contribution in [3.05, 3.63) is 38.6 Å². The molecule has 0 saturated carbocycles. The predicted molar refractivity (Wildman–Crippen MR) is 72.5 cm³/mol. The highest BCUT2D eigenvalue weighted by Crippen LogP contribution is 2.29. The summed E-state index contributed by atoms with van der Waals surface area (Å²) in [7, 11) is 0. The van der Waals surface area contributed by atoms with Gasteiger partial charge in [0.2, 0.25) is 0 Å². The van der Waals surface area contributed by atoms with Gasteiger partial charge in [0.25, 0.3) is 0 Å². The molecule has 0 amide bonds. The van der Waals surface area contributed by atoms with E-state index in [1.165, 1.54) is 4.88 Å². The van der Waals surface area contributed by atoms with Gasteiger partial charge in [-0.25, -0.2) is 4.98 Å². The van der Waals surface area contributed by atoms with E-state index >= 15 is 0 Å². The van der Waals surface area contributed by atoms with Crippen LogP contribution < -0.4 is 5.73 Å². The summed E-state index contributed by atoms with van der Waals surface area (Å²) >= 11 is 5.15. The van der Waals surface area contributed by atoms with Crippen molar-refractivity contribution < 1.29 is 0 Å². The van der Waals surface area contributed by atoms with E-state index in [1.807, 2.05) is 12.1 Å². The minimum absolute atomic E-state index is 0.522. The molecule has 0 fully saturated rings. The number of halogens is 1. The van der Waals surface area contributed by atoms with Gasteiger partial charge >= 0.3 is 0 Å².